The van der Waals surface area contributed by atoms with Crippen LogP contribution < -0.4 is 11.1 Å². The molecule has 0 radical (unpaired) electrons. The van der Waals surface area contributed by atoms with Gasteiger partial charge in [0.05, 0.1) is 12.6 Å². The molecule has 1 fully saturated rings. The minimum absolute atomic E-state index is 0.0456. The van der Waals surface area contributed by atoms with Crippen LogP contribution in [0.3, 0.4) is 0 Å². The van der Waals surface area contributed by atoms with Crippen molar-refractivity contribution in [3.8, 4) is 0 Å². The van der Waals surface area contributed by atoms with Crippen molar-refractivity contribution in [1.82, 2.24) is 5.32 Å². The molecular formula is C13H18N2O2. The fourth-order valence-corrected chi connectivity index (χ4v) is 1.96. The van der Waals surface area contributed by atoms with Crippen molar-refractivity contribution in [2.24, 2.45) is 5.73 Å². The molecule has 2 rings (SSSR count). The van der Waals surface area contributed by atoms with Crippen LogP contribution >= 0.6 is 0 Å². The zero-order valence-corrected chi connectivity index (χ0v) is 9.82. The number of nitrogens with one attached hydrogen (secondary N) is 1. The maximum atomic E-state index is 12.0. The van der Waals surface area contributed by atoms with Crippen LogP contribution in [0, 0.1) is 0 Å². The summed E-state index contributed by atoms with van der Waals surface area (Å²) >= 11 is 0. The number of nitrogens with two attached hydrogens (primary N) is 1. The molecular weight excluding hydrogens is 216 g/mol. The van der Waals surface area contributed by atoms with Gasteiger partial charge in [0.25, 0.3) is 5.91 Å². The predicted molar refractivity (Wildman–Crippen MR) is 65.6 cm³/mol. The van der Waals surface area contributed by atoms with Gasteiger partial charge in [-0.15, -0.1) is 0 Å². The van der Waals surface area contributed by atoms with E-state index in [2.05, 4.69) is 5.32 Å². The fourth-order valence-electron chi connectivity index (χ4n) is 1.96. The number of ether oxygens (including phenoxy) is 1. The first-order chi connectivity index (χ1) is 8.29. The molecule has 1 aromatic rings. The Labute approximate surface area is 101 Å². The molecule has 0 spiro atoms. The van der Waals surface area contributed by atoms with Gasteiger partial charge in [0.2, 0.25) is 0 Å². The van der Waals surface area contributed by atoms with Crippen LogP contribution in [0.4, 0.5) is 0 Å². The van der Waals surface area contributed by atoms with E-state index in [1.165, 1.54) is 0 Å². The smallest absolute Gasteiger partial charge is 0.251 e. The molecule has 0 bridgehead atoms. The van der Waals surface area contributed by atoms with E-state index >= 15 is 0 Å². The summed E-state index contributed by atoms with van der Waals surface area (Å²) in [6.45, 7) is 1.87. The Kier molecular flexibility index (Phi) is 4.12. The first-order valence-electron chi connectivity index (χ1n) is 5.97. The number of rotatable bonds is 3. The number of amides is 1. The third-order valence-corrected chi connectivity index (χ3v) is 2.92. The number of hydrogen-bond donors (Lipinski definition) is 2. The van der Waals surface area contributed by atoms with E-state index in [0.29, 0.717) is 18.7 Å². The van der Waals surface area contributed by atoms with Crippen LogP contribution in [0.5, 0.6) is 0 Å². The molecule has 1 saturated heterocycles. The molecule has 4 nitrogen and oxygen atoms in total. The van der Waals surface area contributed by atoms with Crippen molar-refractivity contribution in [1.29, 1.82) is 0 Å². The quantitative estimate of drug-likeness (QED) is 0.821. The van der Waals surface area contributed by atoms with Crippen LogP contribution in [0.25, 0.3) is 0 Å². The average molecular weight is 234 g/mol. The van der Waals surface area contributed by atoms with Crippen LogP contribution in [0.1, 0.15) is 28.8 Å². The molecule has 1 amide bonds. The number of benzene rings is 1. The topological polar surface area (TPSA) is 64.4 Å². The Balaban J connectivity index is 1.98. The highest BCUT2D eigenvalue weighted by Crippen LogP contribution is 2.09. The lowest BCUT2D eigenvalue weighted by molar-refractivity contribution is 0.0624. The molecule has 17 heavy (non-hydrogen) atoms. The van der Waals surface area contributed by atoms with Gasteiger partial charge in [0, 0.05) is 18.7 Å². The number of carbonyl (C=O) groups excluding carboxylic acids is 1. The molecule has 1 atom stereocenters. The van der Waals surface area contributed by atoms with Gasteiger partial charge in [-0.05, 0) is 30.5 Å². The highest BCUT2D eigenvalue weighted by Gasteiger charge is 2.16. The molecule has 1 aliphatic rings. The standard InChI is InChI=1S/C13H18N2O2/c14-8-10-3-1-4-11(7-10)13(16)15-12-5-2-6-17-9-12/h1,3-4,7,12H,2,5-6,8-9,14H2,(H,15,16). The molecule has 1 aromatic carbocycles. The lowest BCUT2D eigenvalue weighted by Gasteiger charge is -2.23. The summed E-state index contributed by atoms with van der Waals surface area (Å²) in [5.74, 6) is -0.0456. The van der Waals surface area contributed by atoms with Gasteiger partial charge in [-0.2, -0.15) is 0 Å². The highest BCUT2D eigenvalue weighted by atomic mass is 16.5. The summed E-state index contributed by atoms with van der Waals surface area (Å²) in [6, 6.07) is 7.55. The lowest BCUT2D eigenvalue weighted by atomic mass is 10.1. The van der Waals surface area contributed by atoms with Gasteiger partial charge in [-0.1, -0.05) is 12.1 Å². The molecule has 92 valence electrons. The van der Waals surface area contributed by atoms with E-state index in [4.69, 9.17) is 10.5 Å². The SMILES string of the molecule is NCc1cccc(C(=O)NC2CCCOC2)c1. The molecule has 1 aliphatic heterocycles. The summed E-state index contributed by atoms with van der Waals surface area (Å²) in [5, 5.41) is 2.98. The molecule has 1 heterocycles. The predicted octanol–water partition coefficient (Wildman–Crippen LogP) is 1.05. The third kappa shape index (κ3) is 3.28. The van der Waals surface area contributed by atoms with Crippen molar-refractivity contribution in [2.45, 2.75) is 25.4 Å². The van der Waals surface area contributed by atoms with Crippen molar-refractivity contribution in [3.05, 3.63) is 35.4 Å². The summed E-state index contributed by atoms with van der Waals surface area (Å²) in [7, 11) is 0. The maximum Gasteiger partial charge on any atom is 0.251 e. The van der Waals surface area contributed by atoms with Crippen molar-refractivity contribution in [2.75, 3.05) is 13.2 Å². The molecule has 4 heteroatoms. The number of hydrogen-bond acceptors (Lipinski definition) is 3. The summed E-state index contributed by atoms with van der Waals surface area (Å²) in [6.07, 6.45) is 2.00. The summed E-state index contributed by atoms with van der Waals surface area (Å²) in [5.41, 5.74) is 7.19. The van der Waals surface area contributed by atoms with E-state index in [1.807, 2.05) is 18.2 Å². The summed E-state index contributed by atoms with van der Waals surface area (Å²) in [4.78, 5) is 12.0. The summed E-state index contributed by atoms with van der Waals surface area (Å²) < 4.78 is 5.33. The molecule has 3 N–H and O–H groups in total. The third-order valence-electron chi connectivity index (χ3n) is 2.92. The van der Waals surface area contributed by atoms with E-state index in [1.54, 1.807) is 6.07 Å². The number of carbonyl (C=O) groups is 1. The Morgan fingerprint density at radius 1 is 1.53 bits per heavy atom. The van der Waals surface area contributed by atoms with Crippen molar-refractivity contribution < 1.29 is 9.53 Å². The second kappa shape index (κ2) is 5.80. The molecule has 0 aromatic heterocycles. The van der Waals surface area contributed by atoms with Crippen LogP contribution in [0.15, 0.2) is 24.3 Å². The first kappa shape index (κ1) is 12.1. The van der Waals surface area contributed by atoms with E-state index in [-0.39, 0.29) is 11.9 Å². The van der Waals surface area contributed by atoms with Crippen LogP contribution in [0.2, 0.25) is 0 Å². The van der Waals surface area contributed by atoms with Crippen LogP contribution in [-0.2, 0) is 11.3 Å². The van der Waals surface area contributed by atoms with Gasteiger partial charge in [-0.25, -0.2) is 0 Å². The van der Waals surface area contributed by atoms with Crippen molar-refractivity contribution in [3.63, 3.8) is 0 Å². The fraction of sp³-hybridized carbons (Fsp3) is 0.462. The van der Waals surface area contributed by atoms with Gasteiger partial charge in [-0.3, -0.25) is 4.79 Å². The van der Waals surface area contributed by atoms with Crippen LogP contribution in [-0.4, -0.2) is 25.2 Å². The lowest BCUT2D eigenvalue weighted by Crippen LogP contribution is -2.40. The van der Waals surface area contributed by atoms with E-state index < -0.39 is 0 Å². The minimum Gasteiger partial charge on any atom is -0.379 e. The second-order valence-corrected chi connectivity index (χ2v) is 4.29. The average Bonchev–Trinajstić information content (AvgIpc) is 2.40. The van der Waals surface area contributed by atoms with Gasteiger partial charge >= 0.3 is 0 Å². The molecule has 0 saturated carbocycles. The molecule has 0 aliphatic carbocycles. The van der Waals surface area contributed by atoms with Crippen molar-refractivity contribution >= 4 is 5.91 Å². The normalized spacial score (nSPS) is 19.9. The first-order valence-corrected chi connectivity index (χ1v) is 5.97. The Hall–Kier alpha value is -1.39. The van der Waals surface area contributed by atoms with E-state index in [0.717, 1.165) is 25.0 Å². The zero-order valence-electron chi connectivity index (χ0n) is 9.82. The Morgan fingerprint density at radius 3 is 3.12 bits per heavy atom. The zero-order chi connectivity index (χ0) is 12.1. The van der Waals surface area contributed by atoms with Gasteiger partial charge in [0.1, 0.15) is 0 Å². The van der Waals surface area contributed by atoms with Gasteiger partial charge < -0.3 is 15.8 Å². The monoisotopic (exact) mass is 234 g/mol. The second-order valence-electron chi connectivity index (χ2n) is 4.29. The Bertz CT molecular complexity index is 387. The Morgan fingerprint density at radius 2 is 2.41 bits per heavy atom. The molecule has 1 unspecified atom stereocenters. The maximum absolute atomic E-state index is 12.0. The highest BCUT2D eigenvalue weighted by molar-refractivity contribution is 5.94. The minimum atomic E-state index is -0.0456. The van der Waals surface area contributed by atoms with Gasteiger partial charge in [0.15, 0.2) is 0 Å². The largest absolute Gasteiger partial charge is 0.379 e. The van der Waals surface area contributed by atoms with E-state index in [9.17, 15) is 4.79 Å².